The standard InChI is InChI=1S/C14H23NO6/c1-14(2,3)21-13(19)15-7-9(6-11(16)17)5-10(8-15)12(18)20-4/h9-10H,5-8H2,1-4H3,(H,16,17). The molecule has 7 nitrogen and oxygen atoms in total. The molecule has 0 saturated carbocycles. The van der Waals surface area contributed by atoms with Crippen LogP contribution in [0.4, 0.5) is 4.79 Å². The van der Waals surface area contributed by atoms with Crippen LogP contribution in [0.5, 0.6) is 0 Å². The summed E-state index contributed by atoms with van der Waals surface area (Å²) in [5.74, 6) is -2.18. The Hall–Kier alpha value is -1.79. The highest BCUT2D eigenvalue weighted by Gasteiger charge is 2.36. The van der Waals surface area contributed by atoms with Gasteiger partial charge in [-0.2, -0.15) is 0 Å². The number of aliphatic carboxylic acids is 1. The van der Waals surface area contributed by atoms with E-state index in [1.54, 1.807) is 20.8 Å². The summed E-state index contributed by atoms with van der Waals surface area (Å²) in [5.41, 5.74) is -0.641. The van der Waals surface area contributed by atoms with Gasteiger partial charge < -0.3 is 19.5 Å². The van der Waals surface area contributed by atoms with Crippen LogP contribution in [0.25, 0.3) is 0 Å². The van der Waals surface area contributed by atoms with Crippen molar-refractivity contribution in [1.82, 2.24) is 4.90 Å². The maximum Gasteiger partial charge on any atom is 0.410 e. The van der Waals surface area contributed by atoms with Crippen molar-refractivity contribution in [2.24, 2.45) is 11.8 Å². The van der Waals surface area contributed by atoms with Crippen molar-refractivity contribution in [2.45, 2.75) is 39.2 Å². The van der Waals surface area contributed by atoms with Gasteiger partial charge in [-0.05, 0) is 33.1 Å². The van der Waals surface area contributed by atoms with Gasteiger partial charge in [0, 0.05) is 19.5 Å². The summed E-state index contributed by atoms with van der Waals surface area (Å²) in [6.07, 6.45) is -0.225. The highest BCUT2D eigenvalue weighted by molar-refractivity contribution is 5.75. The molecule has 0 spiro atoms. The summed E-state index contributed by atoms with van der Waals surface area (Å²) in [7, 11) is 1.28. The van der Waals surface area contributed by atoms with Crippen LogP contribution in [-0.2, 0) is 19.1 Å². The molecular weight excluding hydrogens is 278 g/mol. The van der Waals surface area contributed by atoms with Gasteiger partial charge in [0.2, 0.25) is 0 Å². The third kappa shape index (κ3) is 5.61. The molecule has 1 amide bonds. The second-order valence-electron chi connectivity index (χ2n) is 6.30. The van der Waals surface area contributed by atoms with E-state index in [2.05, 4.69) is 0 Å². The number of amides is 1. The van der Waals surface area contributed by atoms with Gasteiger partial charge in [0.1, 0.15) is 5.60 Å². The molecule has 1 aliphatic rings. The van der Waals surface area contributed by atoms with E-state index >= 15 is 0 Å². The normalized spacial score (nSPS) is 22.6. The molecule has 1 saturated heterocycles. The van der Waals surface area contributed by atoms with Crippen molar-refractivity contribution in [2.75, 3.05) is 20.2 Å². The summed E-state index contributed by atoms with van der Waals surface area (Å²) in [5, 5.41) is 8.91. The number of likely N-dealkylation sites (tertiary alicyclic amines) is 1. The molecule has 1 fully saturated rings. The predicted octanol–water partition coefficient (Wildman–Crippen LogP) is 1.51. The topological polar surface area (TPSA) is 93.1 Å². The number of piperidine rings is 1. The number of nitrogens with zero attached hydrogens (tertiary/aromatic N) is 1. The van der Waals surface area contributed by atoms with Crippen molar-refractivity contribution >= 4 is 18.0 Å². The van der Waals surface area contributed by atoms with Gasteiger partial charge in [-0.3, -0.25) is 9.59 Å². The molecule has 21 heavy (non-hydrogen) atoms. The molecule has 2 atom stereocenters. The van der Waals surface area contributed by atoms with Crippen LogP contribution in [0.1, 0.15) is 33.6 Å². The molecule has 7 heteroatoms. The highest BCUT2D eigenvalue weighted by atomic mass is 16.6. The van der Waals surface area contributed by atoms with Gasteiger partial charge in [-0.25, -0.2) is 4.79 Å². The van der Waals surface area contributed by atoms with Crippen LogP contribution in [0.2, 0.25) is 0 Å². The second-order valence-corrected chi connectivity index (χ2v) is 6.30. The van der Waals surface area contributed by atoms with Crippen LogP contribution in [0.15, 0.2) is 0 Å². The molecule has 0 aliphatic carbocycles. The van der Waals surface area contributed by atoms with Crippen molar-refractivity contribution < 1.29 is 29.0 Å². The van der Waals surface area contributed by atoms with E-state index in [4.69, 9.17) is 14.6 Å². The zero-order valence-electron chi connectivity index (χ0n) is 12.9. The predicted molar refractivity (Wildman–Crippen MR) is 73.7 cm³/mol. The third-order valence-corrected chi connectivity index (χ3v) is 3.19. The Kier molecular flexibility index (Phi) is 5.57. The number of carboxylic acids is 1. The number of carboxylic acid groups (broad SMARTS) is 1. The molecule has 1 heterocycles. The zero-order valence-corrected chi connectivity index (χ0v) is 12.9. The van der Waals surface area contributed by atoms with Crippen molar-refractivity contribution in [3.8, 4) is 0 Å². The van der Waals surface area contributed by atoms with Crippen molar-refractivity contribution in [3.63, 3.8) is 0 Å². The Labute approximate surface area is 124 Å². The molecule has 0 aromatic heterocycles. The summed E-state index contributed by atoms with van der Waals surface area (Å²) in [6, 6.07) is 0. The van der Waals surface area contributed by atoms with Gasteiger partial charge in [-0.15, -0.1) is 0 Å². The van der Waals surface area contributed by atoms with E-state index in [1.807, 2.05) is 0 Å². The number of esters is 1. The van der Waals surface area contributed by atoms with E-state index in [1.165, 1.54) is 12.0 Å². The first-order chi connectivity index (χ1) is 9.62. The van der Waals surface area contributed by atoms with E-state index in [-0.39, 0.29) is 25.4 Å². The average molecular weight is 301 g/mol. The second kappa shape index (κ2) is 6.78. The van der Waals surface area contributed by atoms with E-state index in [0.29, 0.717) is 6.42 Å². The smallest absolute Gasteiger partial charge is 0.410 e. The summed E-state index contributed by atoms with van der Waals surface area (Å²) in [4.78, 5) is 36.1. The number of methoxy groups -OCH3 is 1. The minimum atomic E-state index is -0.949. The van der Waals surface area contributed by atoms with Gasteiger partial charge in [0.25, 0.3) is 0 Å². The van der Waals surface area contributed by atoms with Crippen LogP contribution >= 0.6 is 0 Å². The van der Waals surface area contributed by atoms with Gasteiger partial charge in [0.15, 0.2) is 0 Å². The van der Waals surface area contributed by atoms with Crippen LogP contribution in [-0.4, -0.2) is 53.8 Å². The Balaban J connectivity index is 2.80. The minimum Gasteiger partial charge on any atom is -0.481 e. The molecule has 1 aliphatic heterocycles. The maximum absolute atomic E-state index is 12.1. The fraction of sp³-hybridized carbons (Fsp3) is 0.786. The van der Waals surface area contributed by atoms with Crippen molar-refractivity contribution in [3.05, 3.63) is 0 Å². The third-order valence-electron chi connectivity index (χ3n) is 3.19. The number of carbonyl (C=O) groups excluding carboxylic acids is 2. The van der Waals surface area contributed by atoms with Crippen LogP contribution in [0.3, 0.4) is 0 Å². The summed E-state index contributed by atoms with van der Waals surface area (Å²) >= 11 is 0. The molecule has 1 N–H and O–H groups in total. The average Bonchev–Trinajstić information content (AvgIpc) is 2.34. The molecule has 0 bridgehead atoms. The Morgan fingerprint density at radius 1 is 1.24 bits per heavy atom. The van der Waals surface area contributed by atoms with Gasteiger partial charge >= 0.3 is 18.0 Å². The monoisotopic (exact) mass is 301 g/mol. The first kappa shape index (κ1) is 17.3. The number of hydrogen-bond donors (Lipinski definition) is 1. The minimum absolute atomic E-state index is 0.0905. The molecular formula is C14H23NO6. The molecule has 0 radical (unpaired) electrons. The number of hydrogen-bond acceptors (Lipinski definition) is 5. The van der Waals surface area contributed by atoms with E-state index in [9.17, 15) is 14.4 Å². The zero-order chi connectivity index (χ0) is 16.2. The van der Waals surface area contributed by atoms with Crippen LogP contribution in [0, 0.1) is 11.8 Å². The van der Waals surface area contributed by atoms with Gasteiger partial charge in [0.05, 0.1) is 13.0 Å². The van der Waals surface area contributed by atoms with Crippen molar-refractivity contribution in [1.29, 1.82) is 0 Å². The largest absolute Gasteiger partial charge is 0.481 e. The molecule has 120 valence electrons. The van der Waals surface area contributed by atoms with E-state index in [0.717, 1.165) is 0 Å². The first-order valence-corrected chi connectivity index (χ1v) is 6.90. The maximum atomic E-state index is 12.1. The molecule has 1 rings (SSSR count). The van der Waals surface area contributed by atoms with E-state index < -0.39 is 29.6 Å². The van der Waals surface area contributed by atoms with Crippen LogP contribution < -0.4 is 0 Å². The molecule has 0 aromatic carbocycles. The lowest BCUT2D eigenvalue weighted by Crippen LogP contribution is -2.48. The number of rotatable bonds is 3. The number of ether oxygens (including phenoxy) is 2. The lowest BCUT2D eigenvalue weighted by atomic mass is 9.87. The molecule has 2 unspecified atom stereocenters. The fourth-order valence-electron chi connectivity index (χ4n) is 2.41. The highest BCUT2D eigenvalue weighted by Crippen LogP contribution is 2.26. The lowest BCUT2D eigenvalue weighted by Gasteiger charge is -2.36. The summed E-state index contributed by atoms with van der Waals surface area (Å²) in [6.45, 7) is 5.72. The SMILES string of the molecule is COC(=O)C1CC(CC(=O)O)CN(C(=O)OC(C)(C)C)C1. The number of carbonyl (C=O) groups is 3. The Morgan fingerprint density at radius 2 is 1.86 bits per heavy atom. The molecule has 0 aromatic rings. The quantitative estimate of drug-likeness (QED) is 0.794. The Bertz CT molecular complexity index is 414. The Morgan fingerprint density at radius 3 is 2.33 bits per heavy atom. The summed E-state index contributed by atoms with van der Waals surface area (Å²) < 4.78 is 9.99. The fourth-order valence-corrected chi connectivity index (χ4v) is 2.41. The van der Waals surface area contributed by atoms with Gasteiger partial charge in [-0.1, -0.05) is 0 Å². The first-order valence-electron chi connectivity index (χ1n) is 6.90. The lowest BCUT2D eigenvalue weighted by molar-refractivity contribution is -0.149.